The van der Waals surface area contributed by atoms with E-state index in [4.69, 9.17) is 4.52 Å². The summed E-state index contributed by atoms with van der Waals surface area (Å²) in [5, 5.41) is 26.3. The van der Waals surface area contributed by atoms with Crippen LogP contribution in [0.1, 0.15) is 17.0 Å². The number of aromatic nitrogens is 2. The zero-order valence-corrected chi connectivity index (χ0v) is 8.97. The number of pyridine rings is 1. The number of rotatable bonds is 1. The van der Waals surface area contributed by atoms with Crippen molar-refractivity contribution in [2.75, 3.05) is 0 Å². The van der Waals surface area contributed by atoms with Crippen molar-refractivity contribution < 1.29 is 14.2 Å². The Hall–Kier alpha value is -2.18. The minimum absolute atomic E-state index is 0.0689. The Morgan fingerprint density at radius 2 is 2.00 bits per heavy atom. The van der Waals surface area contributed by atoms with Crippen LogP contribution in [0.25, 0.3) is 11.1 Å². The summed E-state index contributed by atoms with van der Waals surface area (Å²) >= 11 is 0. The maximum Gasteiger partial charge on any atom is 0.330 e. The number of hydrogen-bond acceptors (Lipinski definition) is 5. The summed E-state index contributed by atoms with van der Waals surface area (Å²) < 4.78 is 5.46. The second-order valence-corrected chi connectivity index (χ2v) is 3.56. The van der Waals surface area contributed by atoms with Crippen molar-refractivity contribution in [1.29, 1.82) is 0 Å². The van der Waals surface area contributed by atoms with Crippen molar-refractivity contribution >= 4 is 16.8 Å². The van der Waals surface area contributed by atoms with E-state index in [1.54, 1.807) is 6.92 Å². The molecule has 0 radical (unpaired) electrons. The normalized spacial score (nSPS) is 10.9. The highest BCUT2D eigenvalue weighted by Gasteiger charge is 2.31. The predicted molar refractivity (Wildman–Crippen MR) is 53.8 cm³/mol. The van der Waals surface area contributed by atoms with Gasteiger partial charge in [-0.3, -0.25) is 10.1 Å². The molecule has 16 heavy (non-hydrogen) atoms. The Morgan fingerprint density at radius 3 is 2.56 bits per heavy atom. The van der Waals surface area contributed by atoms with Gasteiger partial charge < -0.3 is 9.73 Å². The molecule has 0 aliphatic heterocycles. The van der Waals surface area contributed by atoms with Crippen molar-refractivity contribution in [3.8, 4) is 0 Å². The summed E-state index contributed by atoms with van der Waals surface area (Å²) in [7, 11) is 0. The molecule has 2 rings (SSSR count). The molecule has 0 bridgehead atoms. The summed E-state index contributed by atoms with van der Waals surface area (Å²) in [6.45, 7) is 4.61. The lowest BCUT2D eigenvalue weighted by Crippen LogP contribution is -2.32. The van der Waals surface area contributed by atoms with E-state index in [1.165, 1.54) is 13.8 Å². The van der Waals surface area contributed by atoms with Gasteiger partial charge in [-0.15, -0.1) is 0 Å². The maximum absolute atomic E-state index is 11.8. The van der Waals surface area contributed by atoms with Crippen LogP contribution in [-0.4, -0.2) is 10.1 Å². The Labute approximate surface area is 90.0 Å². The topological polar surface area (TPSA) is 96.1 Å². The van der Waals surface area contributed by atoms with Gasteiger partial charge in [0.1, 0.15) is 0 Å². The number of aryl methyl sites for hydroxylation is 1. The molecule has 2 aromatic heterocycles. The van der Waals surface area contributed by atoms with Gasteiger partial charge in [0.2, 0.25) is 0 Å². The fraction of sp³-hybridized carbons (Fsp3) is 0.333. The highest BCUT2D eigenvalue weighted by Crippen LogP contribution is 2.29. The van der Waals surface area contributed by atoms with E-state index in [0.29, 0.717) is 16.0 Å². The summed E-state index contributed by atoms with van der Waals surface area (Å²) in [5.74, 6) is 0. The Kier molecular flexibility index (Phi) is 2.04. The van der Waals surface area contributed by atoms with Crippen molar-refractivity contribution in [3.05, 3.63) is 32.3 Å². The summed E-state index contributed by atoms with van der Waals surface area (Å²) in [6, 6.07) is 0. The van der Waals surface area contributed by atoms with E-state index < -0.39 is 4.92 Å². The second kappa shape index (κ2) is 3.16. The molecule has 0 unspecified atom stereocenters. The minimum Gasteiger partial charge on any atom is -0.618 e. The minimum atomic E-state index is -0.560. The van der Waals surface area contributed by atoms with E-state index in [1.807, 2.05) is 0 Å². The van der Waals surface area contributed by atoms with Crippen LogP contribution in [0, 0.1) is 36.1 Å². The summed E-state index contributed by atoms with van der Waals surface area (Å²) in [5.41, 5.74) is 0.779. The molecule has 0 saturated heterocycles. The van der Waals surface area contributed by atoms with E-state index >= 15 is 0 Å². The molecule has 0 fully saturated rings. The Balaban J connectivity index is 3.05. The molecule has 7 nitrogen and oxygen atoms in total. The molecule has 0 amide bonds. The molecule has 0 aromatic carbocycles. The monoisotopic (exact) mass is 223 g/mol. The van der Waals surface area contributed by atoms with Crippen molar-refractivity contribution in [2.45, 2.75) is 20.8 Å². The number of nitro groups is 1. The van der Waals surface area contributed by atoms with Crippen LogP contribution in [0.15, 0.2) is 4.52 Å². The Bertz CT molecular complexity index is 603. The lowest BCUT2D eigenvalue weighted by Gasteiger charge is -2.04. The van der Waals surface area contributed by atoms with Gasteiger partial charge in [0, 0.05) is 6.92 Å². The number of fused-ring (bicyclic) bond motifs is 1. The van der Waals surface area contributed by atoms with Gasteiger partial charge in [-0.2, -0.15) is 4.73 Å². The zero-order valence-electron chi connectivity index (χ0n) is 8.97. The molecule has 0 aliphatic carbocycles. The summed E-state index contributed by atoms with van der Waals surface area (Å²) in [4.78, 5) is 10.4. The molecule has 0 saturated carbocycles. The zero-order chi connectivity index (χ0) is 12.0. The van der Waals surface area contributed by atoms with Crippen LogP contribution in [0.5, 0.6) is 0 Å². The third kappa shape index (κ3) is 1.14. The van der Waals surface area contributed by atoms with Crippen LogP contribution in [0.2, 0.25) is 0 Å². The lowest BCUT2D eigenvalue weighted by molar-refractivity contribution is -0.585. The molecule has 0 atom stereocenters. The molecule has 0 spiro atoms. The highest BCUT2D eigenvalue weighted by molar-refractivity contribution is 5.82. The van der Waals surface area contributed by atoms with E-state index in [9.17, 15) is 15.3 Å². The van der Waals surface area contributed by atoms with Crippen LogP contribution in [-0.2, 0) is 0 Å². The molecule has 0 aliphatic rings. The van der Waals surface area contributed by atoms with Gasteiger partial charge in [0.15, 0.2) is 11.4 Å². The van der Waals surface area contributed by atoms with Crippen LogP contribution in [0.4, 0.5) is 5.69 Å². The first-order chi connectivity index (χ1) is 7.45. The van der Waals surface area contributed by atoms with Crippen molar-refractivity contribution in [2.24, 2.45) is 0 Å². The third-order valence-corrected chi connectivity index (χ3v) is 2.63. The molecular weight excluding hydrogens is 214 g/mol. The molecule has 2 aromatic rings. The van der Waals surface area contributed by atoms with Crippen LogP contribution >= 0.6 is 0 Å². The van der Waals surface area contributed by atoms with E-state index in [0.717, 1.165) is 0 Å². The van der Waals surface area contributed by atoms with Crippen molar-refractivity contribution in [3.63, 3.8) is 0 Å². The molecule has 2 heterocycles. The van der Waals surface area contributed by atoms with Crippen LogP contribution in [0.3, 0.4) is 0 Å². The Morgan fingerprint density at radius 1 is 1.38 bits per heavy atom. The molecule has 7 heteroatoms. The largest absolute Gasteiger partial charge is 0.618 e. The van der Waals surface area contributed by atoms with E-state index in [2.05, 4.69) is 5.16 Å². The maximum atomic E-state index is 11.8. The highest BCUT2D eigenvalue weighted by atomic mass is 16.6. The smallest absolute Gasteiger partial charge is 0.330 e. The molecule has 0 N–H and O–H groups in total. The number of nitrogens with zero attached hydrogens (tertiary/aromatic N) is 3. The average molecular weight is 223 g/mol. The third-order valence-electron chi connectivity index (χ3n) is 2.63. The quantitative estimate of drug-likeness (QED) is 0.314. The van der Waals surface area contributed by atoms with Gasteiger partial charge in [0.25, 0.3) is 5.52 Å². The first-order valence-corrected chi connectivity index (χ1v) is 4.58. The van der Waals surface area contributed by atoms with Gasteiger partial charge >= 0.3 is 11.3 Å². The fourth-order valence-electron chi connectivity index (χ4n) is 1.64. The standard InChI is InChI=1S/C9H9N3O4/c1-4-6(3)11(13)8-5(2)10-16-9(8)7(4)12(14)15/h1-3H3. The van der Waals surface area contributed by atoms with Gasteiger partial charge in [-0.1, -0.05) is 5.16 Å². The van der Waals surface area contributed by atoms with Crippen LogP contribution < -0.4 is 4.73 Å². The first kappa shape index (κ1) is 10.3. The SMILES string of the molecule is Cc1c([N+](=O)[O-])c2onc(C)c2[n+]([O-])c1C. The average Bonchev–Trinajstić information content (AvgIpc) is 2.57. The number of hydrogen-bond donors (Lipinski definition) is 0. The molecule has 84 valence electrons. The van der Waals surface area contributed by atoms with Crippen molar-refractivity contribution in [1.82, 2.24) is 5.16 Å². The fourth-order valence-corrected chi connectivity index (χ4v) is 1.64. The first-order valence-electron chi connectivity index (χ1n) is 4.58. The van der Waals surface area contributed by atoms with E-state index in [-0.39, 0.29) is 22.5 Å². The van der Waals surface area contributed by atoms with Gasteiger partial charge in [-0.05, 0) is 13.8 Å². The van der Waals surface area contributed by atoms with Gasteiger partial charge in [0.05, 0.1) is 10.5 Å². The summed E-state index contributed by atoms with van der Waals surface area (Å²) in [6.07, 6.45) is 0. The lowest BCUT2D eigenvalue weighted by atomic mass is 10.1. The predicted octanol–water partition coefficient (Wildman–Crippen LogP) is 1.29. The molecular formula is C9H9N3O4. The second-order valence-electron chi connectivity index (χ2n) is 3.56. The van der Waals surface area contributed by atoms with Gasteiger partial charge in [-0.25, -0.2) is 0 Å².